The van der Waals surface area contributed by atoms with Crippen LogP contribution in [0, 0.1) is 0 Å². The summed E-state index contributed by atoms with van der Waals surface area (Å²) in [7, 11) is 1.16. The summed E-state index contributed by atoms with van der Waals surface area (Å²) < 4.78 is 4.33. The molecule has 0 radical (unpaired) electrons. The molecule has 70 valence electrons. The Morgan fingerprint density at radius 2 is 2.00 bits per heavy atom. The van der Waals surface area contributed by atoms with E-state index in [0.717, 1.165) is 13.2 Å². The van der Waals surface area contributed by atoms with Crippen molar-refractivity contribution in [2.24, 2.45) is 0 Å². The van der Waals surface area contributed by atoms with Gasteiger partial charge < -0.3 is 9.84 Å². The molecule has 0 saturated carbocycles. The number of aliphatic hydroxyl groups excluding tert-OH is 1. The molecule has 0 bridgehead atoms. The highest BCUT2D eigenvalue weighted by Gasteiger charge is 2.12. The number of ether oxygens (including phenoxy) is 1. The predicted octanol–water partition coefficient (Wildman–Crippen LogP) is 0.913. The molecule has 0 aliphatic carbocycles. The van der Waals surface area contributed by atoms with Gasteiger partial charge in [-0.3, -0.25) is 4.79 Å². The van der Waals surface area contributed by atoms with Crippen LogP contribution in [0.1, 0.15) is 0 Å². The summed E-state index contributed by atoms with van der Waals surface area (Å²) in [5, 5.41) is 8.94. The molecule has 0 atom stereocenters. The average Bonchev–Trinajstić information content (AvgIpc) is 2.11. The second-order valence-corrected chi connectivity index (χ2v) is 2.19. The monoisotopic (exact) mass is 182 g/mol. The van der Waals surface area contributed by atoms with Crippen molar-refractivity contribution in [1.82, 2.24) is 0 Å². The molecule has 1 N–H and O–H groups in total. The van der Waals surface area contributed by atoms with Crippen LogP contribution in [0.3, 0.4) is 0 Å². The van der Waals surface area contributed by atoms with Gasteiger partial charge in [-0.05, 0) is 6.08 Å². The number of methoxy groups -OCH3 is 1. The molecule has 0 amide bonds. The van der Waals surface area contributed by atoms with Crippen molar-refractivity contribution >= 4 is 12.3 Å². The quantitative estimate of drug-likeness (QED) is 0.231. The van der Waals surface area contributed by atoms with Crippen molar-refractivity contribution in [3.63, 3.8) is 0 Å². The van der Waals surface area contributed by atoms with Gasteiger partial charge in [0.1, 0.15) is 17.6 Å². The number of hydrogen-bond acceptors (Lipinski definition) is 4. The van der Waals surface area contributed by atoms with E-state index in [1.807, 2.05) is 0 Å². The molecule has 13 heavy (non-hydrogen) atoms. The van der Waals surface area contributed by atoms with Crippen molar-refractivity contribution in [3.8, 4) is 0 Å². The van der Waals surface area contributed by atoms with Crippen molar-refractivity contribution in [1.29, 1.82) is 0 Å². The van der Waals surface area contributed by atoms with Gasteiger partial charge in [0.05, 0.1) is 7.11 Å². The van der Waals surface area contributed by atoms with Gasteiger partial charge >= 0.3 is 5.97 Å². The maximum Gasteiger partial charge on any atom is 0.341 e. The van der Waals surface area contributed by atoms with E-state index >= 15 is 0 Å². The maximum absolute atomic E-state index is 10.9. The first-order valence-electron chi connectivity index (χ1n) is 3.35. The molecule has 4 heteroatoms. The number of rotatable bonds is 4. The number of aldehydes is 1. The van der Waals surface area contributed by atoms with Crippen molar-refractivity contribution in [2.75, 3.05) is 7.11 Å². The maximum atomic E-state index is 10.9. The van der Waals surface area contributed by atoms with E-state index in [4.69, 9.17) is 5.11 Å². The van der Waals surface area contributed by atoms with Crippen molar-refractivity contribution < 1.29 is 19.4 Å². The Labute approximate surface area is 75.8 Å². The Bertz CT molecular complexity index is 286. The summed E-state index contributed by atoms with van der Waals surface area (Å²) in [5.74, 6) is -1.23. The molecule has 0 aromatic rings. The van der Waals surface area contributed by atoms with E-state index < -0.39 is 11.7 Å². The molecule has 0 aliphatic heterocycles. The lowest BCUT2D eigenvalue weighted by Crippen LogP contribution is -2.07. The first-order chi connectivity index (χ1) is 6.02. The highest BCUT2D eigenvalue weighted by Crippen LogP contribution is 2.08. The zero-order valence-electron chi connectivity index (χ0n) is 7.24. The smallest absolute Gasteiger partial charge is 0.341 e. The lowest BCUT2D eigenvalue weighted by Gasteiger charge is -2.02. The summed E-state index contributed by atoms with van der Waals surface area (Å²) in [6.45, 7) is 6.45. The van der Waals surface area contributed by atoms with Crippen LogP contribution in [0.4, 0.5) is 0 Å². The molecule has 0 rings (SSSR count). The van der Waals surface area contributed by atoms with E-state index in [-0.39, 0.29) is 11.1 Å². The Morgan fingerprint density at radius 1 is 1.46 bits per heavy atom. The summed E-state index contributed by atoms with van der Waals surface area (Å²) in [6, 6.07) is 0. The number of hydrogen-bond donors (Lipinski definition) is 1. The zero-order chi connectivity index (χ0) is 10.4. The van der Waals surface area contributed by atoms with Crippen LogP contribution in [0.25, 0.3) is 0 Å². The number of allylic oxidation sites excluding steroid dienone is 2. The van der Waals surface area contributed by atoms with Crippen LogP contribution in [-0.2, 0) is 14.3 Å². The fourth-order valence-corrected chi connectivity index (χ4v) is 0.589. The molecule has 0 aromatic carbocycles. The van der Waals surface area contributed by atoms with Gasteiger partial charge in [-0.2, -0.15) is 0 Å². The van der Waals surface area contributed by atoms with Crippen LogP contribution >= 0.6 is 0 Å². The predicted molar refractivity (Wildman–Crippen MR) is 47.1 cm³/mol. The fourth-order valence-electron chi connectivity index (χ4n) is 0.589. The minimum atomic E-state index is -0.768. The molecule has 0 aliphatic rings. The molecule has 0 spiro atoms. The highest BCUT2D eigenvalue weighted by atomic mass is 16.5. The Morgan fingerprint density at radius 3 is 2.31 bits per heavy atom. The minimum absolute atomic E-state index is 0.0515. The molecule has 0 heterocycles. The van der Waals surface area contributed by atoms with Crippen molar-refractivity contribution in [2.45, 2.75) is 0 Å². The second kappa shape index (κ2) is 4.92. The standard InChI is InChI=1S/C9H10O4/c1-6(5-10)4-8(7(2)11)9(12)13-3/h4-5,11H,1-2H2,3H3/b8-4+. The molecule has 4 nitrogen and oxygen atoms in total. The van der Waals surface area contributed by atoms with Crippen LogP contribution < -0.4 is 0 Å². The summed E-state index contributed by atoms with van der Waals surface area (Å²) >= 11 is 0. The first-order valence-corrected chi connectivity index (χ1v) is 3.35. The summed E-state index contributed by atoms with van der Waals surface area (Å²) in [5.41, 5.74) is -0.129. The third-order valence-electron chi connectivity index (χ3n) is 1.20. The Kier molecular flexibility index (Phi) is 4.23. The molecule has 0 fully saturated rings. The van der Waals surface area contributed by atoms with Gasteiger partial charge in [-0.25, -0.2) is 4.79 Å². The molecular weight excluding hydrogens is 172 g/mol. The lowest BCUT2D eigenvalue weighted by atomic mass is 10.1. The largest absolute Gasteiger partial charge is 0.508 e. The molecular formula is C9H10O4. The van der Waals surface area contributed by atoms with E-state index in [1.165, 1.54) is 0 Å². The van der Waals surface area contributed by atoms with E-state index in [9.17, 15) is 9.59 Å². The normalized spacial score (nSPS) is 10.4. The average molecular weight is 182 g/mol. The van der Waals surface area contributed by atoms with E-state index in [0.29, 0.717) is 6.29 Å². The third kappa shape index (κ3) is 3.37. The SMILES string of the molecule is C=C(C=O)/C=C(\C(=C)O)C(=O)OC. The van der Waals surface area contributed by atoms with E-state index in [2.05, 4.69) is 17.9 Å². The summed E-state index contributed by atoms with van der Waals surface area (Å²) in [6.07, 6.45) is 1.55. The van der Waals surface area contributed by atoms with Crippen LogP contribution in [0.2, 0.25) is 0 Å². The fraction of sp³-hybridized carbons (Fsp3) is 0.111. The lowest BCUT2D eigenvalue weighted by molar-refractivity contribution is -0.136. The zero-order valence-corrected chi connectivity index (χ0v) is 7.24. The third-order valence-corrected chi connectivity index (χ3v) is 1.20. The first kappa shape index (κ1) is 11.2. The second-order valence-electron chi connectivity index (χ2n) is 2.19. The van der Waals surface area contributed by atoms with E-state index in [1.54, 1.807) is 0 Å². The topological polar surface area (TPSA) is 63.6 Å². The number of carbonyl (C=O) groups excluding carboxylic acids is 2. The van der Waals surface area contributed by atoms with Gasteiger partial charge in [-0.15, -0.1) is 0 Å². The van der Waals surface area contributed by atoms with Gasteiger partial charge in [0.2, 0.25) is 0 Å². The highest BCUT2D eigenvalue weighted by molar-refractivity contribution is 5.94. The molecule has 0 saturated heterocycles. The van der Waals surface area contributed by atoms with Gasteiger partial charge in [0.15, 0.2) is 0 Å². The van der Waals surface area contributed by atoms with Crippen LogP contribution in [0.15, 0.2) is 36.1 Å². The van der Waals surface area contributed by atoms with Gasteiger partial charge in [0, 0.05) is 5.57 Å². The number of esters is 1. The molecule has 0 unspecified atom stereocenters. The van der Waals surface area contributed by atoms with Gasteiger partial charge in [0.25, 0.3) is 0 Å². The summed E-state index contributed by atoms with van der Waals surface area (Å²) in [4.78, 5) is 21.1. The van der Waals surface area contributed by atoms with Crippen LogP contribution in [0.5, 0.6) is 0 Å². The number of carbonyl (C=O) groups is 2. The Hall–Kier alpha value is -1.84. The van der Waals surface area contributed by atoms with Gasteiger partial charge in [-0.1, -0.05) is 13.2 Å². The minimum Gasteiger partial charge on any atom is -0.508 e. The Balaban J connectivity index is 4.91. The van der Waals surface area contributed by atoms with Crippen LogP contribution in [-0.4, -0.2) is 24.5 Å². The van der Waals surface area contributed by atoms with Crippen molar-refractivity contribution in [3.05, 3.63) is 36.1 Å². The number of aliphatic hydroxyl groups is 1. The molecule has 0 aromatic heterocycles.